The van der Waals surface area contributed by atoms with Crippen molar-refractivity contribution in [2.24, 2.45) is 0 Å². The first kappa shape index (κ1) is 53.3. The molecule has 0 aliphatic heterocycles. The summed E-state index contributed by atoms with van der Waals surface area (Å²) in [7, 11) is -4.36. The third kappa shape index (κ3) is 43.3. The van der Waals surface area contributed by atoms with Gasteiger partial charge in [-0.05, 0) is 64.2 Å². The number of aliphatic hydroxyl groups is 1. The summed E-state index contributed by atoms with van der Waals surface area (Å²) < 4.78 is 32.6. The molecule has 3 N–H and O–H groups in total. The van der Waals surface area contributed by atoms with E-state index in [1.807, 2.05) is 6.08 Å². The molecular formula is C48H89NO5S. The van der Waals surface area contributed by atoms with Gasteiger partial charge in [0.25, 0.3) is 10.1 Å². The van der Waals surface area contributed by atoms with E-state index in [0.29, 0.717) is 6.42 Å². The largest absolute Gasteiger partial charge is 0.387 e. The van der Waals surface area contributed by atoms with E-state index in [9.17, 15) is 22.9 Å². The van der Waals surface area contributed by atoms with Crippen molar-refractivity contribution >= 4 is 16.0 Å². The van der Waals surface area contributed by atoms with Gasteiger partial charge >= 0.3 is 0 Å². The van der Waals surface area contributed by atoms with Crippen molar-refractivity contribution < 1.29 is 22.9 Å². The van der Waals surface area contributed by atoms with Gasteiger partial charge in [0.15, 0.2) is 0 Å². The number of carbonyl (C=O) groups is 1. The van der Waals surface area contributed by atoms with Crippen LogP contribution in [0.25, 0.3) is 0 Å². The highest BCUT2D eigenvalue weighted by atomic mass is 32.2. The molecule has 0 aromatic carbocycles. The standard InChI is InChI=1S/C48H89NO5S/c1-3-5-7-9-11-13-15-17-19-21-23-24-26-28-30-32-34-36-38-40-42-44-48(51)49-46(45-55(52,53)54)47(50)43-41-39-37-35-33-31-29-27-25-22-20-18-16-14-12-10-8-6-4-2/h15,17,21,23,33,35,41,43,46-47,50H,3-14,16,18-20,22,24-32,34,36-40,42,44-45H2,1-2H3,(H,49,51)(H,52,53,54)/b17-15-,23-21-,35-33+,43-41+. The number of aliphatic hydroxyl groups excluding tert-OH is 1. The Kier molecular flexibility index (Phi) is 40.6. The number of hydrogen-bond donors (Lipinski definition) is 3. The Morgan fingerprint density at radius 1 is 0.491 bits per heavy atom. The number of rotatable bonds is 42. The minimum Gasteiger partial charge on any atom is -0.387 e. The Morgan fingerprint density at radius 2 is 0.836 bits per heavy atom. The molecule has 6 nitrogen and oxygen atoms in total. The molecule has 322 valence electrons. The molecule has 55 heavy (non-hydrogen) atoms. The number of nitrogens with one attached hydrogen (secondary N) is 1. The first-order valence-corrected chi connectivity index (χ1v) is 24.9. The summed E-state index contributed by atoms with van der Waals surface area (Å²) in [6.45, 7) is 4.53. The zero-order valence-electron chi connectivity index (χ0n) is 36.0. The van der Waals surface area contributed by atoms with Crippen molar-refractivity contribution in [1.29, 1.82) is 0 Å². The molecule has 0 fully saturated rings. The first-order valence-electron chi connectivity index (χ1n) is 23.3. The molecule has 0 rings (SSSR count). The Balaban J connectivity index is 3.90. The normalized spacial score (nSPS) is 13.6. The number of unbranched alkanes of at least 4 members (excludes halogenated alkanes) is 28. The van der Waals surface area contributed by atoms with Gasteiger partial charge in [-0.3, -0.25) is 9.35 Å². The highest BCUT2D eigenvalue weighted by molar-refractivity contribution is 7.85. The van der Waals surface area contributed by atoms with Crippen LogP contribution >= 0.6 is 0 Å². The second kappa shape index (κ2) is 41.9. The first-order chi connectivity index (χ1) is 26.8. The van der Waals surface area contributed by atoms with Gasteiger partial charge in [-0.2, -0.15) is 8.42 Å². The number of allylic oxidation sites excluding steroid dienone is 7. The lowest BCUT2D eigenvalue weighted by molar-refractivity contribution is -0.122. The van der Waals surface area contributed by atoms with Crippen molar-refractivity contribution in [3.05, 3.63) is 48.6 Å². The van der Waals surface area contributed by atoms with E-state index in [0.717, 1.165) is 44.9 Å². The third-order valence-electron chi connectivity index (χ3n) is 10.5. The molecule has 7 heteroatoms. The number of amides is 1. The summed E-state index contributed by atoms with van der Waals surface area (Å²) in [5.74, 6) is -1.00. The van der Waals surface area contributed by atoms with Crippen molar-refractivity contribution in [2.75, 3.05) is 5.75 Å². The van der Waals surface area contributed by atoms with Crippen molar-refractivity contribution in [3.63, 3.8) is 0 Å². The Labute approximate surface area is 341 Å². The lowest BCUT2D eigenvalue weighted by Gasteiger charge is -2.21. The monoisotopic (exact) mass is 792 g/mol. The van der Waals surface area contributed by atoms with E-state index in [2.05, 4.69) is 55.6 Å². The Bertz CT molecular complexity index is 1050. The average Bonchev–Trinajstić information content (AvgIpc) is 3.15. The maximum absolute atomic E-state index is 12.6. The summed E-state index contributed by atoms with van der Waals surface area (Å²) in [6.07, 6.45) is 56.8. The predicted molar refractivity (Wildman–Crippen MR) is 239 cm³/mol. The lowest BCUT2D eigenvalue weighted by Crippen LogP contribution is -2.46. The second-order valence-corrected chi connectivity index (χ2v) is 17.5. The van der Waals surface area contributed by atoms with Crippen LogP contribution in [0.4, 0.5) is 0 Å². The summed E-state index contributed by atoms with van der Waals surface area (Å²) in [4.78, 5) is 12.6. The van der Waals surface area contributed by atoms with Crippen molar-refractivity contribution in [3.8, 4) is 0 Å². The van der Waals surface area contributed by atoms with E-state index in [4.69, 9.17) is 0 Å². The van der Waals surface area contributed by atoms with Gasteiger partial charge in [0.2, 0.25) is 5.91 Å². The average molecular weight is 792 g/mol. The summed E-state index contributed by atoms with van der Waals surface area (Å²) in [5.41, 5.74) is 0. The SMILES string of the molecule is CCCCCCC/C=C\C/C=C\CCCCCCCCCCCC(=O)NC(CS(=O)(=O)O)C(O)/C=C/CC/C=C/CCCCCCCCCCCCCCC. The predicted octanol–water partition coefficient (Wildman–Crippen LogP) is 14.2. The lowest BCUT2D eigenvalue weighted by atomic mass is 10.0. The number of carbonyl (C=O) groups excluding carboxylic acids is 1. The molecular weight excluding hydrogens is 703 g/mol. The van der Waals surface area contributed by atoms with Gasteiger partial charge in [-0.1, -0.05) is 210 Å². The molecule has 0 saturated carbocycles. The third-order valence-corrected chi connectivity index (χ3v) is 11.3. The van der Waals surface area contributed by atoms with Crippen LogP contribution in [0.1, 0.15) is 232 Å². The van der Waals surface area contributed by atoms with E-state index in [1.165, 1.54) is 167 Å². The van der Waals surface area contributed by atoms with Crippen LogP contribution < -0.4 is 5.32 Å². The number of hydrogen-bond acceptors (Lipinski definition) is 4. The Morgan fingerprint density at radius 3 is 1.25 bits per heavy atom. The van der Waals surface area contributed by atoms with E-state index in [1.54, 1.807) is 0 Å². The van der Waals surface area contributed by atoms with Crippen LogP contribution in [0.3, 0.4) is 0 Å². The molecule has 0 heterocycles. The van der Waals surface area contributed by atoms with Gasteiger partial charge < -0.3 is 10.4 Å². The fourth-order valence-electron chi connectivity index (χ4n) is 6.97. The second-order valence-electron chi connectivity index (χ2n) is 16.0. The minimum atomic E-state index is -4.36. The molecule has 1 amide bonds. The molecule has 2 unspecified atom stereocenters. The van der Waals surface area contributed by atoms with Crippen LogP contribution in [0.5, 0.6) is 0 Å². The van der Waals surface area contributed by atoms with E-state index >= 15 is 0 Å². The molecule has 0 saturated heterocycles. The van der Waals surface area contributed by atoms with Gasteiger partial charge in [0.1, 0.15) is 0 Å². The summed E-state index contributed by atoms with van der Waals surface area (Å²) in [6, 6.07) is -1.08. The molecule has 0 spiro atoms. The summed E-state index contributed by atoms with van der Waals surface area (Å²) in [5, 5.41) is 13.3. The van der Waals surface area contributed by atoms with Crippen molar-refractivity contribution in [1.82, 2.24) is 5.32 Å². The molecule has 2 atom stereocenters. The molecule has 0 aromatic heterocycles. The minimum absolute atomic E-state index is 0.283. The maximum atomic E-state index is 12.6. The van der Waals surface area contributed by atoms with Crippen LogP contribution in [-0.2, 0) is 14.9 Å². The van der Waals surface area contributed by atoms with Crippen LogP contribution in [0.15, 0.2) is 48.6 Å². The Hall–Kier alpha value is -1.70. The van der Waals surface area contributed by atoms with E-state index in [-0.39, 0.29) is 12.3 Å². The molecule has 0 radical (unpaired) electrons. The molecule has 0 bridgehead atoms. The topological polar surface area (TPSA) is 104 Å². The molecule has 0 aliphatic rings. The highest BCUT2D eigenvalue weighted by Crippen LogP contribution is 2.15. The zero-order valence-corrected chi connectivity index (χ0v) is 36.9. The van der Waals surface area contributed by atoms with Crippen molar-refractivity contribution in [2.45, 2.75) is 244 Å². The zero-order chi connectivity index (χ0) is 40.3. The smallest absolute Gasteiger partial charge is 0.267 e. The van der Waals surface area contributed by atoms with Crippen LogP contribution in [0.2, 0.25) is 0 Å². The van der Waals surface area contributed by atoms with Gasteiger partial charge in [0, 0.05) is 6.42 Å². The van der Waals surface area contributed by atoms with E-state index < -0.39 is 28.0 Å². The van der Waals surface area contributed by atoms with Gasteiger partial charge in [-0.15, -0.1) is 0 Å². The van der Waals surface area contributed by atoms with Crippen LogP contribution in [-0.4, -0.2) is 41.9 Å². The summed E-state index contributed by atoms with van der Waals surface area (Å²) >= 11 is 0. The van der Waals surface area contributed by atoms with Gasteiger partial charge in [0.05, 0.1) is 17.9 Å². The fourth-order valence-corrected chi connectivity index (χ4v) is 7.70. The molecule has 0 aliphatic carbocycles. The maximum Gasteiger partial charge on any atom is 0.267 e. The fraction of sp³-hybridized carbons (Fsp3) is 0.812. The molecule has 0 aromatic rings. The quantitative estimate of drug-likeness (QED) is 0.0324. The highest BCUT2D eigenvalue weighted by Gasteiger charge is 2.24. The van der Waals surface area contributed by atoms with Crippen LogP contribution in [0, 0.1) is 0 Å². The van der Waals surface area contributed by atoms with Gasteiger partial charge in [-0.25, -0.2) is 0 Å².